The van der Waals surface area contributed by atoms with E-state index in [0.29, 0.717) is 10.2 Å². The zero-order valence-electron chi connectivity index (χ0n) is 17.2. The van der Waals surface area contributed by atoms with Crippen molar-refractivity contribution in [2.75, 3.05) is 13.7 Å². The van der Waals surface area contributed by atoms with Crippen LogP contribution in [0.4, 0.5) is 0 Å². The fraction of sp³-hybridized carbons (Fsp3) is 0.333. The zero-order valence-corrected chi connectivity index (χ0v) is 18.0. The Balaban J connectivity index is 1.72. The number of thiophene rings is 1. The van der Waals surface area contributed by atoms with Crippen molar-refractivity contribution >= 4 is 33.4 Å². The van der Waals surface area contributed by atoms with Gasteiger partial charge in [0.05, 0.1) is 19.0 Å². The fourth-order valence-corrected chi connectivity index (χ4v) is 3.81. The Bertz CT molecular complexity index is 1130. The topological polar surface area (TPSA) is 99.5 Å². The standard InChI is InChI=1S/C21H23N3O5S/c1-21(2,3)23-17(25)11-29-18(26)10-24-12-22-15-9-16(30-19(15)20(24)27)13-5-7-14(28-4)8-6-13/h5-9,12H,10-11H2,1-4H3,(H,23,25). The quantitative estimate of drug-likeness (QED) is 0.605. The molecule has 3 rings (SSSR count). The van der Waals surface area contributed by atoms with Crippen LogP contribution in [0.1, 0.15) is 20.8 Å². The van der Waals surface area contributed by atoms with Crippen LogP contribution in [0.5, 0.6) is 5.75 Å². The number of hydrogen-bond donors (Lipinski definition) is 1. The van der Waals surface area contributed by atoms with Crippen molar-refractivity contribution in [1.82, 2.24) is 14.9 Å². The molecular formula is C21H23N3O5S. The van der Waals surface area contributed by atoms with Gasteiger partial charge in [-0.05, 0) is 56.7 Å². The van der Waals surface area contributed by atoms with Gasteiger partial charge in [-0.3, -0.25) is 19.0 Å². The van der Waals surface area contributed by atoms with E-state index in [1.165, 1.54) is 22.2 Å². The lowest BCUT2D eigenvalue weighted by Gasteiger charge is -2.20. The third-order valence-corrected chi connectivity index (χ3v) is 5.22. The summed E-state index contributed by atoms with van der Waals surface area (Å²) >= 11 is 1.30. The summed E-state index contributed by atoms with van der Waals surface area (Å²) in [4.78, 5) is 41.7. The van der Waals surface area contributed by atoms with Crippen LogP contribution in [0.3, 0.4) is 0 Å². The normalized spacial score (nSPS) is 11.3. The lowest BCUT2D eigenvalue weighted by Crippen LogP contribution is -2.43. The number of ether oxygens (including phenoxy) is 2. The summed E-state index contributed by atoms with van der Waals surface area (Å²) in [6.45, 7) is 4.76. The third-order valence-electron chi connectivity index (χ3n) is 4.06. The summed E-state index contributed by atoms with van der Waals surface area (Å²) in [6.07, 6.45) is 1.31. The van der Waals surface area contributed by atoms with Crippen molar-refractivity contribution in [2.45, 2.75) is 32.9 Å². The van der Waals surface area contributed by atoms with Gasteiger partial charge in [0.1, 0.15) is 17.0 Å². The molecule has 2 aromatic heterocycles. The molecule has 30 heavy (non-hydrogen) atoms. The van der Waals surface area contributed by atoms with Gasteiger partial charge in [0.15, 0.2) is 6.61 Å². The molecule has 9 heteroatoms. The van der Waals surface area contributed by atoms with Crippen LogP contribution in [-0.2, 0) is 20.9 Å². The molecule has 158 valence electrons. The number of carbonyl (C=O) groups excluding carboxylic acids is 2. The Kier molecular flexibility index (Phi) is 6.21. The number of nitrogens with zero attached hydrogens (tertiary/aromatic N) is 2. The first-order valence-corrected chi connectivity index (χ1v) is 10.1. The number of methoxy groups -OCH3 is 1. The predicted octanol–water partition coefficient (Wildman–Crippen LogP) is 2.59. The molecule has 8 nitrogen and oxygen atoms in total. The molecule has 0 spiro atoms. The molecule has 2 heterocycles. The van der Waals surface area contributed by atoms with Crippen LogP contribution in [0, 0.1) is 0 Å². The van der Waals surface area contributed by atoms with Gasteiger partial charge in [-0.2, -0.15) is 0 Å². The van der Waals surface area contributed by atoms with E-state index in [-0.39, 0.29) is 12.1 Å². The second-order valence-corrected chi connectivity index (χ2v) is 8.74. The van der Waals surface area contributed by atoms with Crippen LogP contribution in [-0.4, -0.2) is 40.7 Å². The van der Waals surface area contributed by atoms with E-state index in [1.54, 1.807) is 7.11 Å². The molecule has 0 saturated heterocycles. The minimum Gasteiger partial charge on any atom is -0.497 e. The summed E-state index contributed by atoms with van der Waals surface area (Å²) in [7, 11) is 1.60. The van der Waals surface area contributed by atoms with Gasteiger partial charge in [0.2, 0.25) is 0 Å². The molecule has 0 radical (unpaired) electrons. The molecule has 0 atom stereocenters. The van der Waals surface area contributed by atoms with E-state index in [2.05, 4.69) is 10.3 Å². The zero-order chi connectivity index (χ0) is 21.9. The van der Waals surface area contributed by atoms with E-state index in [1.807, 2.05) is 51.1 Å². The summed E-state index contributed by atoms with van der Waals surface area (Å²) in [5, 5.41) is 2.70. The van der Waals surface area contributed by atoms with Gasteiger partial charge in [-0.15, -0.1) is 11.3 Å². The van der Waals surface area contributed by atoms with Gasteiger partial charge in [0.25, 0.3) is 11.5 Å². The summed E-state index contributed by atoms with van der Waals surface area (Å²) < 4.78 is 11.8. The van der Waals surface area contributed by atoms with E-state index >= 15 is 0 Å². The maximum atomic E-state index is 12.8. The van der Waals surface area contributed by atoms with Crippen LogP contribution in [0.25, 0.3) is 20.7 Å². The SMILES string of the molecule is COc1ccc(-c2cc3ncn(CC(=O)OCC(=O)NC(C)(C)C)c(=O)c3s2)cc1. The van der Waals surface area contributed by atoms with Crippen molar-refractivity contribution in [3.8, 4) is 16.2 Å². The van der Waals surface area contributed by atoms with Gasteiger partial charge in [0, 0.05) is 10.4 Å². The largest absolute Gasteiger partial charge is 0.497 e. The summed E-state index contributed by atoms with van der Waals surface area (Å²) in [5.74, 6) is -0.344. The van der Waals surface area contributed by atoms with E-state index in [4.69, 9.17) is 9.47 Å². The van der Waals surface area contributed by atoms with Crippen LogP contribution >= 0.6 is 11.3 Å². The number of carbonyl (C=O) groups is 2. The number of amides is 1. The van der Waals surface area contributed by atoms with Crippen molar-refractivity contribution in [1.29, 1.82) is 0 Å². The number of hydrogen-bond acceptors (Lipinski definition) is 7. The van der Waals surface area contributed by atoms with Gasteiger partial charge in [-0.25, -0.2) is 4.98 Å². The van der Waals surface area contributed by atoms with Crippen molar-refractivity contribution in [3.05, 3.63) is 47.0 Å². The highest BCUT2D eigenvalue weighted by molar-refractivity contribution is 7.22. The molecule has 0 bridgehead atoms. The lowest BCUT2D eigenvalue weighted by atomic mass is 10.1. The van der Waals surface area contributed by atoms with Crippen molar-refractivity contribution < 1.29 is 19.1 Å². The van der Waals surface area contributed by atoms with E-state index < -0.39 is 24.0 Å². The van der Waals surface area contributed by atoms with Gasteiger partial charge >= 0.3 is 5.97 Å². The highest BCUT2D eigenvalue weighted by Gasteiger charge is 2.17. The Morgan fingerprint density at radius 3 is 2.53 bits per heavy atom. The monoisotopic (exact) mass is 429 g/mol. The molecule has 0 fully saturated rings. The minimum absolute atomic E-state index is 0.319. The second kappa shape index (κ2) is 8.66. The summed E-state index contributed by atoms with van der Waals surface area (Å²) in [6, 6.07) is 9.33. The minimum atomic E-state index is -0.686. The third kappa shape index (κ3) is 5.24. The Hall–Kier alpha value is -3.20. The summed E-state index contributed by atoms with van der Waals surface area (Å²) in [5.41, 5.74) is 0.746. The molecule has 0 aliphatic carbocycles. The number of rotatable bonds is 6. The number of aromatic nitrogens is 2. The average molecular weight is 429 g/mol. The Morgan fingerprint density at radius 1 is 1.20 bits per heavy atom. The predicted molar refractivity (Wildman–Crippen MR) is 115 cm³/mol. The van der Waals surface area contributed by atoms with Crippen LogP contribution in [0.2, 0.25) is 0 Å². The highest BCUT2D eigenvalue weighted by atomic mass is 32.1. The van der Waals surface area contributed by atoms with E-state index in [0.717, 1.165) is 16.2 Å². The van der Waals surface area contributed by atoms with Crippen LogP contribution < -0.4 is 15.6 Å². The van der Waals surface area contributed by atoms with E-state index in [9.17, 15) is 14.4 Å². The molecule has 1 aromatic carbocycles. The Labute approximate surface area is 177 Å². The number of benzene rings is 1. The molecule has 1 N–H and O–H groups in total. The van der Waals surface area contributed by atoms with Gasteiger partial charge < -0.3 is 14.8 Å². The maximum absolute atomic E-state index is 12.8. The maximum Gasteiger partial charge on any atom is 0.326 e. The molecular weight excluding hydrogens is 406 g/mol. The molecule has 0 aliphatic rings. The lowest BCUT2D eigenvalue weighted by molar-refractivity contribution is -0.149. The molecule has 0 saturated carbocycles. The molecule has 1 amide bonds. The number of esters is 1. The smallest absolute Gasteiger partial charge is 0.326 e. The molecule has 0 aliphatic heterocycles. The first kappa shape index (κ1) is 21.5. The first-order chi connectivity index (χ1) is 14.2. The number of nitrogens with one attached hydrogen (secondary N) is 1. The van der Waals surface area contributed by atoms with Crippen LogP contribution in [0.15, 0.2) is 41.5 Å². The fourth-order valence-electron chi connectivity index (χ4n) is 2.74. The van der Waals surface area contributed by atoms with Gasteiger partial charge in [-0.1, -0.05) is 0 Å². The van der Waals surface area contributed by atoms with Crippen molar-refractivity contribution in [2.24, 2.45) is 0 Å². The first-order valence-electron chi connectivity index (χ1n) is 9.26. The second-order valence-electron chi connectivity index (χ2n) is 7.69. The Morgan fingerprint density at radius 2 is 1.90 bits per heavy atom. The average Bonchev–Trinajstić information content (AvgIpc) is 3.12. The molecule has 3 aromatic rings. The number of fused-ring (bicyclic) bond motifs is 1. The highest BCUT2D eigenvalue weighted by Crippen LogP contribution is 2.31. The molecule has 0 unspecified atom stereocenters. The van der Waals surface area contributed by atoms with Crippen molar-refractivity contribution in [3.63, 3.8) is 0 Å².